The van der Waals surface area contributed by atoms with E-state index in [9.17, 15) is 9.18 Å². The van der Waals surface area contributed by atoms with Gasteiger partial charge in [-0.2, -0.15) is 5.10 Å². The lowest BCUT2D eigenvalue weighted by Crippen LogP contribution is -2.18. The predicted octanol–water partition coefficient (Wildman–Crippen LogP) is 1.88. The number of aromatic nitrogens is 2. The van der Waals surface area contributed by atoms with Crippen LogP contribution in [0.5, 0.6) is 0 Å². The van der Waals surface area contributed by atoms with Crippen molar-refractivity contribution < 1.29 is 9.18 Å². The van der Waals surface area contributed by atoms with E-state index in [0.717, 1.165) is 0 Å². The first-order chi connectivity index (χ1) is 8.61. The van der Waals surface area contributed by atoms with Gasteiger partial charge in [-0.3, -0.25) is 9.48 Å². The lowest BCUT2D eigenvalue weighted by molar-refractivity contribution is 0.101. The Hall–Kier alpha value is -2.37. The highest BCUT2D eigenvalue weighted by molar-refractivity contribution is 6.06. The Morgan fingerprint density at radius 3 is 3.00 bits per heavy atom. The van der Waals surface area contributed by atoms with Crippen LogP contribution in [-0.4, -0.2) is 15.7 Å². The van der Waals surface area contributed by atoms with Gasteiger partial charge in [0.1, 0.15) is 11.5 Å². The summed E-state index contributed by atoms with van der Waals surface area (Å²) >= 11 is 0. The fourth-order valence-corrected chi connectivity index (χ4v) is 1.64. The van der Waals surface area contributed by atoms with Gasteiger partial charge in [-0.05, 0) is 25.1 Å². The molecule has 1 heterocycles. The summed E-state index contributed by atoms with van der Waals surface area (Å²) in [5.74, 6) is -0.817. The van der Waals surface area contributed by atoms with Crippen LogP contribution in [0.3, 0.4) is 0 Å². The average Bonchev–Trinajstić information content (AvgIpc) is 2.70. The van der Waals surface area contributed by atoms with Crippen molar-refractivity contribution in [1.29, 1.82) is 0 Å². The zero-order valence-corrected chi connectivity index (χ0v) is 9.85. The average molecular weight is 248 g/mol. The number of hydrogen-bond donors (Lipinski definition) is 2. The van der Waals surface area contributed by atoms with E-state index in [-0.39, 0.29) is 5.69 Å². The first-order valence-corrected chi connectivity index (χ1v) is 5.50. The van der Waals surface area contributed by atoms with Crippen LogP contribution in [0.4, 0.5) is 15.8 Å². The molecule has 0 radical (unpaired) electrons. The summed E-state index contributed by atoms with van der Waals surface area (Å²) in [6.45, 7) is 2.38. The van der Waals surface area contributed by atoms with Gasteiger partial charge >= 0.3 is 0 Å². The highest BCUT2D eigenvalue weighted by atomic mass is 19.1. The molecule has 2 aromatic rings. The largest absolute Gasteiger partial charge is 0.396 e. The van der Waals surface area contributed by atoms with Crippen molar-refractivity contribution in [3.8, 4) is 0 Å². The second-order valence-electron chi connectivity index (χ2n) is 3.73. The first-order valence-electron chi connectivity index (χ1n) is 5.50. The Balaban J connectivity index is 2.24. The number of benzene rings is 1. The monoisotopic (exact) mass is 248 g/mol. The molecule has 1 aromatic carbocycles. The van der Waals surface area contributed by atoms with Crippen LogP contribution in [0.1, 0.15) is 17.4 Å². The molecule has 3 N–H and O–H groups in total. The SMILES string of the molecule is CCn1ncc(N)c1C(=O)Nc1cccc(F)c1. The topological polar surface area (TPSA) is 72.9 Å². The summed E-state index contributed by atoms with van der Waals surface area (Å²) in [5, 5.41) is 6.55. The summed E-state index contributed by atoms with van der Waals surface area (Å²) in [4.78, 5) is 12.0. The summed E-state index contributed by atoms with van der Waals surface area (Å²) in [7, 11) is 0. The van der Waals surface area contributed by atoms with Gasteiger partial charge in [-0.1, -0.05) is 6.07 Å². The Kier molecular flexibility index (Phi) is 3.27. The van der Waals surface area contributed by atoms with Gasteiger partial charge in [0.05, 0.1) is 11.9 Å². The molecule has 18 heavy (non-hydrogen) atoms. The number of nitrogen functional groups attached to an aromatic ring is 1. The molecule has 94 valence electrons. The van der Waals surface area contributed by atoms with E-state index < -0.39 is 11.7 Å². The molecule has 0 saturated heterocycles. The van der Waals surface area contributed by atoms with Gasteiger partial charge in [0, 0.05) is 12.2 Å². The minimum absolute atomic E-state index is 0.279. The normalized spacial score (nSPS) is 10.3. The van der Waals surface area contributed by atoms with Crippen molar-refractivity contribution in [3.63, 3.8) is 0 Å². The number of nitrogens with zero attached hydrogens (tertiary/aromatic N) is 2. The van der Waals surface area contributed by atoms with Gasteiger partial charge in [-0.15, -0.1) is 0 Å². The quantitative estimate of drug-likeness (QED) is 0.871. The number of carbonyl (C=O) groups excluding carboxylic acids is 1. The fourth-order valence-electron chi connectivity index (χ4n) is 1.64. The Morgan fingerprint density at radius 1 is 1.56 bits per heavy atom. The molecule has 0 spiro atoms. The molecule has 0 atom stereocenters. The van der Waals surface area contributed by atoms with Gasteiger partial charge in [0.15, 0.2) is 0 Å². The van der Waals surface area contributed by atoms with E-state index in [4.69, 9.17) is 5.73 Å². The molecule has 0 unspecified atom stereocenters. The van der Waals surface area contributed by atoms with Crippen molar-refractivity contribution in [2.24, 2.45) is 0 Å². The highest BCUT2D eigenvalue weighted by Crippen LogP contribution is 2.15. The number of halogens is 1. The van der Waals surface area contributed by atoms with E-state index in [1.807, 2.05) is 6.92 Å². The van der Waals surface area contributed by atoms with Crippen LogP contribution in [-0.2, 0) is 6.54 Å². The molecule has 0 aliphatic carbocycles. The third-order valence-electron chi connectivity index (χ3n) is 2.46. The number of nitrogens with one attached hydrogen (secondary N) is 1. The number of amides is 1. The second kappa shape index (κ2) is 4.87. The third-order valence-corrected chi connectivity index (χ3v) is 2.46. The Labute approximate surface area is 103 Å². The van der Waals surface area contributed by atoms with Crippen LogP contribution < -0.4 is 11.1 Å². The fraction of sp³-hybridized carbons (Fsp3) is 0.167. The minimum Gasteiger partial charge on any atom is -0.396 e. The molecular formula is C12H13FN4O. The van der Waals surface area contributed by atoms with E-state index in [2.05, 4.69) is 10.4 Å². The maximum Gasteiger partial charge on any atom is 0.276 e. The maximum absolute atomic E-state index is 13.0. The smallest absolute Gasteiger partial charge is 0.276 e. The van der Waals surface area contributed by atoms with E-state index in [0.29, 0.717) is 17.9 Å². The van der Waals surface area contributed by atoms with Crippen LogP contribution >= 0.6 is 0 Å². The first kappa shape index (κ1) is 12.1. The van der Waals surface area contributed by atoms with Gasteiger partial charge in [0.2, 0.25) is 0 Å². The number of nitrogens with two attached hydrogens (primary N) is 1. The molecule has 2 rings (SSSR count). The van der Waals surface area contributed by atoms with Gasteiger partial charge in [0.25, 0.3) is 5.91 Å². The zero-order valence-electron chi connectivity index (χ0n) is 9.85. The Morgan fingerprint density at radius 2 is 2.33 bits per heavy atom. The number of aryl methyl sites for hydroxylation is 1. The minimum atomic E-state index is -0.412. The molecule has 6 heteroatoms. The van der Waals surface area contributed by atoms with Crippen LogP contribution in [0.15, 0.2) is 30.5 Å². The standard InChI is InChI=1S/C12H13FN4O/c1-2-17-11(10(14)7-15-17)12(18)16-9-5-3-4-8(13)6-9/h3-7H,2,14H2,1H3,(H,16,18). The third kappa shape index (κ3) is 2.32. The highest BCUT2D eigenvalue weighted by Gasteiger charge is 2.16. The summed E-state index contributed by atoms with van der Waals surface area (Å²) in [6, 6.07) is 5.66. The molecule has 0 saturated carbocycles. The molecule has 5 nitrogen and oxygen atoms in total. The number of hydrogen-bond acceptors (Lipinski definition) is 3. The molecule has 1 amide bonds. The van der Waals surface area contributed by atoms with Crippen LogP contribution in [0.25, 0.3) is 0 Å². The molecule has 0 fully saturated rings. The van der Waals surface area contributed by atoms with Crippen LogP contribution in [0.2, 0.25) is 0 Å². The Bertz CT molecular complexity index is 579. The van der Waals surface area contributed by atoms with E-state index >= 15 is 0 Å². The van der Waals surface area contributed by atoms with Gasteiger partial charge in [-0.25, -0.2) is 4.39 Å². The summed E-state index contributed by atoms with van der Waals surface area (Å²) < 4.78 is 14.5. The van der Waals surface area contributed by atoms with E-state index in [1.54, 1.807) is 6.07 Å². The zero-order chi connectivity index (χ0) is 13.1. The van der Waals surface area contributed by atoms with Crippen molar-refractivity contribution in [2.75, 3.05) is 11.1 Å². The maximum atomic E-state index is 13.0. The lowest BCUT2D eigenvalue weighted by Gasteiger charge is -2.07. The summed E-state index contributed by atoms with van der Waals surface area (Å²) in [5.41, 5.74) is 6.64. The lowest BCUT2D eigenvalue weighted by atomic mass is 10.3. The molecule has 0 bridgehead atoms. The second-order valence-corrected chi connectivity index (χ2v) is 3.73. The van der Waals surface area contributed by atoms with E-state index in [1.165, 1.54) is 29.1 Å². The van der Waals surface area contributed by atoms with Crippen molar-refractivity contribution in [2.45, 2.75) is 13.5 Å². The number of rotatable bonds is 3. The molecule has 0 aliphatic heterocycles. The molecule has 0 aliphatic rings. The van der Waals surface area contributed by atoms with Crippen molar-refractivity contribution >= 4 is 17.3 Å². The predicted molar refractivity (Wildman–Crippen MR) is 66.7 cm³/mol. The van der Waals surface area contributed by atoms with Gasteiger partial charge < -0.3 is 11.1 Å². The molecular weight excluding hydrogens is 235 g/mol. The molecule has 1 aromatic heterocycles. The van der Waals surface area contributed by atoms with Crippen LogP contribution in [0, 0.1) is 5.82 Å². The number of anilines is 2. The van der Waals surface area contributed by atoms with Crippen molar-refractivity contribution in [1.82, 2.24) is 9.78 Å². The van der Waals surface area contributed by atoms with Crippen molar-refractivity contribution in [3.05, 3.63) is 42.0 Å². The summed E-state index contributed by atoms with van der Waals surface area (Å²) in [6.07, 6.45) is 1.42. The number of carbonyl (C=O) groups is 1.